The van der Waals surface area contributed by atoms with E-state index >= 15 is 0 Å². The van der Waals surface area contributed by atoms with Crippen LogP contribution in [0.25, 0.3) is 0 Å². The SMILES string of the molecule is C#CC1=C(C)[C@@H](O)C[C@H](OC(=O)Nc2ccccc2)C1. The number of aliphatic hydroxyl groups is 1. The molecule has 0 spiro atoms. The van der Waals surface area contributed by atoms with Crippen LogP contribution in [-0.2, 0) is 4.74 Å². The summed E-state index contributed by atoms with van der Waals surface area (Å²) in [6.45, 7) is 1.81. The largest absolute Gasteiger partial charge is 0.446 e. The van der Waals surface area contributed by atoms with Crippen molar-refractivity contribution in [1.82, 2.24) is 0 Å². The van der Waals surface area contributed by atoms with Crippen molar-refractivity contribution >= 4 is 11.8 Å². The Morgan fingerprint density at radius 1 is 1.45 bits per heavy atom. The first kappa shape index (κ1) is 14.2. The van der Waals surface area contributed by atoms with Gasteiger partial charge in [-0.1, -0.05) is 24.1 Å². The zero-order chi connectivity index (χ0) is 14.5. The van der Waals surface area contributed by atoms with Crippen molar-refractivity contribution in [3.05, 3.63) is 41.5 Å². The van der Waals surface area contributed by atoms with Crippen molar-refractivity contribution in [3.63, 3.8) is 0 Å². The maximum Gasteiger partial charge on any atom is 0.411 e. The van der Waals surface area contributed by atoms with Crippen LogP contribution in [0.3, 0.4) is 0 Å². The fraction of sp³-hybridized carbons (Fsp3) is 0.312. The maximum atomic E-state index is 11.8. The third kappa shape index (κ3) is 3.40. The van der Waals surface area contributed by atoms with Gasteiger partial charge < -0.3 is 9.84 Å². The van der Waals surface area contributed by atoms with Crippen LogP contribution >= 0.6 is 0 Å². The van der Waals surface area contributed by atoms with E-state index in [1.165, 1.54) is 0 Å². The highest BCUT2D eigenvalue weighted by Crippen LogP contribution is 2.27. The number of aliphatic hydroxyl groups excluding tert-OH is 1. The molecule has 0 saturated carbocycles. The molecular weight excluding hydrogens is 254 g/mol. The van der Waals surface area contributed by atoms with Crippen molar-refractivity contribution < 1.29 is 14.6 Å². The molecule has 4 heteroatoms. The summed E-state index contributed by atoms with van der Waals surface area (Å²) in [6, 6.07) is 9.05. The van der Waals surface area contributed by atoms with Crippen LogP contribution in [-0.4, -0.2) is 23.4 Å². The Labute approximate surface area is 118 Å². The van der Waals surface area contributed by atoms with Gasteiger partial charge >= 0.3 is 6.09 Å². The van der Waals surface area contributed by atoms with E-state index in [1.54, 1.807) is 19.1 Å². The van der Waals surface area contributed by atoms with Crippen LogP contribution in [0.5, 0.6) is 0 Å². The Kier molecular flexibility index (Phi) is 4.44. The molecule has 0 heterocycles. The molecule has 1 aliphatic carbocycles. The minimum absolute atomic E-state index is 0.374. The third-order valence-corrected chi connectivity index (χ3v) is 3.36. The minimum atomic E-state index is -0.649. The number of hydrogen-bond donors (Lipinski definition) is 2. The molecule has 1 amide bonds. The highest BCUT2D eigenvalue weighted by atomic mass is 16.6. The number of amides is 1. The molecule has 20 heavy (non-hydrogen) atoms. The molecule has 0 aliphatic heterocycles. The average Bonchev–Trinajstić information content (AvgIpc) is 2.43. The molecule has 104 valence electrons. The maximum absolute atomic E-state index is 11.8. The summed E-state index contributed by atoms with van der Waals surface area (Å²) < 4.78 is 5.31. The molecule has 0 aromatic heterocycles. The Balaban J connectivity index is 1.95. The molecule has 0 saturated heterocycles. The minimum Gasteiger partial charge on any atom is -0.446 e. The summed E-state index contributed by atoms with van der Waals surface area (Å²) in [5.74, 6) is 2.54. The molecule has 0 unspecified atom stereocenters. The zero-order valence-corrected chi connectivity index (χ0v) is 11.3. The summed E-state index contributed by atoms with van der Waals surface area (Å²) in [6.07, 6.45) is 4.66. The van der Waals surface area contributed by atoms with Crippen molar-refractivity contribution in [2.24, 2.45) is 0 Å². The van der Waals surface area contributed by atoms with Gasteiger partial charge in [-0.05, 0) is 24.6 Å². The van der Waals surface area contributed by atoms with Crippen LogP contribution in [0, 0.1) is 12.3 Å². The van der Waals surface area contributed by atoms with Crippen LogP contribution in [0.15, 0.2) is 41.5 Å². The molecule has 0 radical (unpaired) electrons. The smallest absolute Gasteiger partial charge is 0.411 e. The van der Waals surface area contributed by atoms with Crippen molar-refractivity contribution in [1.29, 1.82) is 0 Å². The van der Waals surface area contributed by atoms with Gasteiger partial charge in [0.05, 0.1) is 6.10 Å². The first-order valence-corrected chi connectivity index (χ1v) is 6.47. The Bertz CT molecular complexity index is 557. The van der Waals surface area contributed by atoms with E-state index in [-0.39, 0.29) is 0 Å². The van der Waals surface area contributed by atoms with Gasteiger partial charge in [0.2, 0.25) is 0 Å². The number of terminal acetylenes is 1. The van der Waals surface area contributed by atoms with Gasteiger partial charge in [0.1, 0.15) is 6.10 Å². The summed E-state index contributed by atoms with van der Waals surface area (Å²) in [5.41, 5.74) is 2.16. The van der Waals surface area contributed by atoms with Gasteiger partial charge in [-0.3, -0.25) is 5.32 Å². The van der Waals surface area contributed by atoms with Gasteiger partial charge in [0.25, 0.3) is 0 Å². The Morgan fingerprint density at radius 2 is 2.15 bits per heavy atom. The van der Waals surface area contributed by atoms with E-state index in [4.69, 9.17) is 11.2 Å². The highest BCUT2D eigenvalue weighted by Gasteiger charge is 2.27. The van der Waals surface area contributed by atoms with Crippen LogP contribution < -0.4 is 5.32 Å². The molecule has 2 rings (SSSR count). The number of ether oxygens (including phenoxy) is 1. The average molecular weight is 271 g/mol. The third-order valence-electron chi connectivity index (χ3n) is 3.36. The van der Waals surface area contributed by atoms with E-state index in [0.29, 0.717) is 24.1 Å². The molecule has 1 aliphatic rings. The Morgan fingerprint density at radius 3 is 2.80 bits per heavy atom. The van der Waals surface area contributed by atoms with E-state index in [9.17, 15) is 9.90 Å². The monoisotopic (exact) mass is 271 g/mol. The molecule has 2 N–H and O–H groups in total. The lowest BCUT2D eigenvalue weighted by molar-refractivity contribution is 0.0653. The molecular formula is C16H17NO3. The first-order valence-electron chi connectivity index (χ1n) is 6.47. The van der Waals surface area contributed by atoms with Crippen molar-refractivity contribution in [2.45, 2.75) is 32.0 Å². The fourth-order valence-electron chi connectivity index (χ4n) is 2.18. The lowest BCUT2D eigenvalue weighted by Gasteiger charge is -2.27. The van der Waals surface area contributed by atoms with E-state index in [1.807, 2.05) is 18.2 Å². The zero-order valence-electron chi connectivity index (χ0n) is 11.3. The quantitative estimate of drug-likeness (QED) is 0.813. The number of hydrogen-bond acceptors (Lipinski definition) is 3. The van der Waals surface area contributed by atoms with E-state index in [0.717, 1.165) is 5.57 Å². The number of carbonyl (C=O) groups is 1. The number of para-hydroxylation sites is 1. The number of rotatable bonds is 2. The van der Waals surface area contributed by atoms with E-state index < -0.39 is 18.3 Å². The van der Waals surface area contributed by atoms with Gasteiger partial charge in [-0.15, -0.1) is 6.42 Å². The number of benzene rings is 1. The van der Waals surface area contributed by atoms with Gasteiger partial charge in [0, 0.05) is 24.1 Å². The van der Waals surface area contributed by atoms with Crippen molar-refractivity contribution in [2.75, 3.05) is 5.32 Å². The van der Waals surface area contributed by atoms with Gasteiger partial charge in [-0.25, -0.2) is 4.79 Å². The summed E-state index contributed by atoms with van der Waals surface area (Å²) in [5, 5.41) is 12.5. The molecule has 2 atom stereocenters. The number of carbonyl (C=O) groups excluding carboxylic acids is 1. The molecule has 4 nitrogen and oxygen atoms in total. The topological polar surface area (TPSA) is 58.6 Å². The second-order valence-electron chi connectivity index (χ2n) is 4.78. The fourth-order valence-corrected chi connectivity index (χ4v) is 2.18. The van der Waals surface area contributed by atoms with Crippen LogP contribution in [0.2, 0.25) is 0 Å². The summed E-state index contributed by atoms with van der Waals surface area (Å²) in [7, 11) is 0. The summed E-state index contributed by atoms with van der Waals surface area (Å²) >= 11 is 0. The van der Waals surface area contributed by atoms with E-state index in [2.05, 4.69) is 11.2 Å². The van der Waals surface area contributed by atoms with Gasteiger partial charge in [0.15, 0.2) is 0 Å². The summed E-state index contributed by atoms with van der Waals surface area (Å²) in [4.78, 5) is 11.8. The molecule has 1 aromatic carbocycles. The predicted octanol–water partition coefficient (Wildman–Crippen LogP) is 2.71. The second-order valence-corrected chi connectivity index (χ2v) is 4.78. The Hall–Kier alpha value is -2.25. The number of anilines is 1. The van der Waals surface area contributed by atoms with Gasteiger partial charge in [-0.2, -0.15) is 0 Å². The molecule has 1 aromatic rings. The van der Waals surface area contributed by atoms with Crippen LogP contribution in [0.4, 0.5) is 10.5 Å². The predicted molar refractivity (Wildman–Crippen MR) is 77.1 cm³/mol. The molecule has 0 fully saturated rings. The second kappa shape index (κ2) is 6.27. The van der Waals surface area contributed by atoms with Crippen molar-refractivity contribution in [3.8, 4) is 12.3 Å². The lowest BCUT2D eigenvalue weighted by atomic mass is 9.89. The first-order chi connectivity index (χ1) is 9.60. The normalized spacial score (nSPS) is 22.1. The van der Waals surface area contributed by atoms with Crippen LogP contribution in [0.1, 0.15) is 19.8 Å². The number of nitrogens with one attached hydrogen (secondary N) is 1. The highest BCUT2D eigenvalue weighted by molar-refractivity contribution is 5.84. The lowest BCUT2D eigenvalue weighted by Crippen LogP contribution is -2.31. The standard InChI is InChI=1S/C16H17NO3/c1-3-12-9-14(10-15(18)11(12)2)20-16(19)17-13-7-5-4-6-8-13/h1,4-8,14-15,18H,9-10H2,2H3,(H,17,19)/t14-,15+/m1/s1. The molecule has 0 bridgehead atoms.